The summed E-state index contributed by atoms with van der Waals surface area (Å²) in [5.41, 5.74) is -0.0616. The first-order chi connectivity index (χ1) is 9.67. The van der Waals surface area contributed by atoms with Gasteiger partial charge in [0.1, 0.15) is 5.60 Å². The monoisotopic (exact) mass is 274 g/mol. The third-order valence-electron chi connectivity index (χ3n) is 4.31. The average molecular weight is 274 g/mol. The third kappa shape index (κ3) is 1.96. The van der Waals surface area contributed by atoms with Crippen molar-refractivity contribution >= 4 is 5.97 Å². The molecule has 0 unspecified atom stereocenters. The van der Waals surface area contributed by atoms with Crippen molar-refractivity contribution in [2.24, 2.45) is 5.92 Å². The quantitative estimate of drug-likeness (QED) is 0.623. The van der Waals surface area contributed by atoms with Crippen LogP contribution in [0.25, 0.3) is 0 Å². The molecule has 0 spiro atoms. The molecule has 2 aliphatic rings. The Balaban J connectivity index is 1.78. The lowest BCUT2D eigenvalue weighted by atomic mass is 9.85. The normalized spacial score (nSPS) is 32.9. The summed E-state index contributed by atoms with van der Waals surface area (Å²) < 4.78 is 17.1. The first-order valence-corrected chi connectivity index (χ1v) is 6.81. The molecule has 106 valence electrons. The Morgan fingerprint density at radius 3 is 2.75 bits per heavy atom. The van der Waals surface area contributed by atoms with Crippen molar-refractivity contribution in [1.29, 1.82) is 0 Å². The number of rotatable bonds is 4. The van der Waals surface area contributed by atoms with E-state index < -0.39 is 11.7 Å². The van der Waals surface area contributed by atoms with Crippen LogP contribution >= 0.6 is 0 Å². The summed E-state index contributed by atoms with van der Waals surface area (Å²) in [6.45, 7) is 6.84. The van der Waals surface area contributed by atoms with Crippen LogP contribution in [0.1, 0.15) is 17.3 Å². The van der Waals surface area contributed by atoms with E-state index in [0.717, 1.165) is 0 Å². The highest BCUT2D eigenvalue weighted by atomic mass is 16.6. The summed E-state index contributed by atoms with van der Waals surface area (Å²) >= 11 is 0. The van der Waals surface area contributed by atoms with E-state index in [2.05, 4.69) is 13.5 Å². The molecule has 1 aromatic carbocycles. The van der Waals surface area contributed by atoms with Gasteiger partial charge in [-0.3, -0.25) is 0 Å². The fraction of sp³-hybridized carbons (Fsp3) is 0.438. The van der Waals surface area contributed by atoms with E-state index in [1.165, 1.54) is 0 Å². The molecule has 0 N–H and O–H groups in total. The average Bonchev–Trinajstić information content (AvgIpc) is 2.99. The van der Waals surface area contributed by atoms with E-state index in [0.29, 0.717) is 18.8 Å². The molecule has 1 aromatic rings. The minimum absolute atomic E-state index is 0.0906. The van der Waals surface area contributed by atoms with Crippen LogP contribution in [0.15, 0.2) is 43.0 Å². The predicted molar refractivity (Wildman–Crippen MR) is 73.4 cm³/mol. The van der Waals surface area contributed by atoms with Gasteiger partial charge in [0, 0.05) is 5.92 Å². The number of carbonyl (C=O) groups excluding carboxylic acids is 1. The van der Waals surface area contributed by atoms with Crippen LogP contribution in [0, 0.1) is 5.92 Å². The van der Waals surface area contributed by atoms with E-state index in [9.17, 15) is 4.79 Å². The summed E-state index contributed by atoms with van der Waals surface area (Å²) in [5.74, 6) is -0.176. The molecule has 0 aromatic heterocycles. The summed E-state index contributed by atoms with van der Waals surface area (Å²) in [6.07, 6.45) is 1.22. The minimum Gasteiger partial charge on any atom is -0.451 e. The molecule has 2 heterocycles. The molecule has 4 nitrogen and oxygen atoms in total. The first kappa shape index (κ1) is 13.3. The van der Waals surface area contributed by atoms with Gasteiger partial charge >= 0.3 is 5.97 Å². The van der Waals surface area contributed by atoms with E-state index in [-0.39, 0.29) is 18.0 Å². The van der Waals surface area contributed by atoms with Crippen molar-refractivity contribution in [2.75, 3.05) is 13.2 Å². The zero-order valence-corrected chi connectivity index (χ0v) is 11.5. The van der Waals surface area contributed by atoms with Crippen molar-refractivity contribution in [2.45, 2.75) is 24.7 Å². The zero-order chi connectivity index (χ0) is 14.2. The molecule has 4 atom stereocenters. The fourth-order valence-corrected chi connectivity index (χ4v) is 2.96. The van der Waals surface area contributed by atoms with Crippen LogP contribution in [0.2, 0.25) is 0 Å². The summed E-state index contributed by atoms with van der Waals surface area (Å²) in [4.78, 5) is 12.2. The molecular weight excluding hydrogens is 256 g/mol. The molecule has 0 amide bonds. The molecule has 2 aliphatic heterocycles. The van der Waals surface area contributed by atoms with Gasteiger partial charge in [0.2, 0.25) is 0 Å². The van der Waals surface area contributed by atoms with Crippen molar-refractivity contribution in [3.63, 3.8) is 0 Å². The van der Waals surface area contributed by atoms with Gasteiger partial charge in [-0.15, -0.1) is 0 Å². The Labute approximate surface area is 118 Å². The van der Waals surface area contributed by atoms with E-state index in [1.54, 1.807) is 30.3 Å². The highest BCUT2D eigenvalue weighted by Gasteiger charge is 2.59. The lowest BCUT2D eigenvalue weighted by Gasteiger charge is -2.34. The van der Waals surface area contributed by atoms with Crippen LogP contribution in [-0.4, -0.2) is 37.0 Å². The smallest absolute Gasteiger partial charge is 0.338 e. The Hall–Kier alpha value is -1.65. The standard InChI is InChI=1S/C16H18O4/c1-3-14(16-10-18-13(9-19-16)11(16)2)20-15(17)12-7-5-4-6-8-12/h3-8,11,13-14H,1,9-10H2,2H3/t11-,13-,14-,16-/m0/s1. The molecule has 2 saturated heterocycles. The molecular formula is C16H18O4. The summed E-state index contributed by atoms with van der Waals surface area (Å²) in [6, 6.07) is 8.93. The Kier molecular flexibility index (Phi) is 3.36. The molecule has 0 saturated carbocycles. The predicted octanol–water partition coefficient (Wildman–Crippen LogP) is 2.20. The van der Waals surface area contributed by atoms with Crippen LogP contribution in [0.3, 0.4) is 0 Å². The van der Waals surface area contributed by atoms with E-state index >= 15 is 0 Å². The van der Waals surface area contributed by atoms with Crippen LogP contribution in [0.4, 0.5) is 0 Å². The molecule has 4 heteroatoms. The second kappa shape index (κ2) is 5.04. The fourth-order valence-electron chi connectivity index (χ4n) is 2.96. The SMILES string of the molecule is C=C[C@H](OC(=O)c1ccccc1)[C@@]12CO[C@@H](CO1)[C@@H]2C. The van der Waals surface area contributed by atoms with Gasteiger partial charge in [0.25, 0.3) is 0 Å². The third-order valence-corrected chi connectivity index (χ3v) is 4.31. The maximum absolute atomic E-state index is 12.2. The van der Waals surface area contributed by atoms with Gasteiger partial charge in [-0.2, -0.15) is 0 Å². The van der Waals surface area contributed by atoms with Gasteiger partial charge in [0.15, 0.2) is 6.10 Å². The Morgan fingerprint density at radius 1 is 1.50 bits per heavy atom. The second-order valence-electron chi connectivity index (χ2n) is 5.33. The Morgan fingerprint density at radius 2 is 2.25 bits per heavy atom. The lowest BCUT2D eigenvalue weighted by Crippen LogP contribution is -2.49. The molecule has 2 bridgehead atoms. The number of hydrogen-bond donors (Lipinski definition) is 0. The maximum Gasteiger partial charge on any atom is 0.338 e. The van der Waals surface area contributed by atoms with Gasteiger partial charge in [-0.05, 0) is 18.2 Å². The number of esters is 1. The van der Waals surface area contributed by atoms with E-state index in [1.807, 2.05) is 6.07 Å². The van der Waals surface area contributed by atoms with Crippen LogP contribution < -0.4 is 0 Å². The van der Waals surface area contributed by atoms with Gasteiger partial charge in [-0.25, -0.2) is 4.79 Å². The second-order valence-corrected chi connectivity index (χ2v) is 5.33. The molecule has 3 rings (SSSR count). The molecule has 0 radical (unpaired) electrons. The summed E-state index contributed by atoms with van der Waals surface area (Å²) in [5, 5.41) is 0. The lowest BCUT2D eigenvalue weighted by molar-refractivity contribution is -0.139. The molecule has 0 aliphatic carbocycles. The van der Waals surface area contributed by atoms with Crippen LogP contribution in [0.5, 0.6) is 0 Å². The number of benzene rings is 1. The van der Waals surface area contributed by atoms with E-state index in [4.69, 9.17) is 14.2 Å². The van der Waals surface area contributed by atoms with Crippen molar-refractivity contribution in [1.82, 2.24) is 0 Å². The largest absolute Gasteiger partial charge is 0.451 e. The van der Waals surface area contributed by atoms with Crippen molar-refractivity contribution in [3.8, 4) is 0 Å². The van der Waals surface area contributed by atoms with Crippen molar-refractivity contribution < 1.29 is 19.0 Å². The highest BCUT2D eigenvalue weighted by molar-refractivity contribution is 5.89. The number of hydrogen-bond acceptors (Lipinski definition) is 4. The van der Waals surface area contributed by atoms with Gasteiger partial charge < -0.3 is 14.2 Å². The van der Waals surface area contributed by atoms with Gasteiger partial charge in [-0.1, -0.05) is 31.7 Å². The highest BCUT2D eigenvalue weighted by Crippen LogP contribution is 2.44. The number of fused-ring (bicyclic) bond motifs is 2. The van der Waals surface area contributed by atoms with Crippen molar-refractivity contribution in [3.05, 3.63) is 48.6 Å². The summed E-state index contributed by atoms with van der Waals surface area (Å²) in [7, 11) is 0. The molecule has 20 heavy (non-hydrogen) atoms. The maximum atomic E-state index is 12.2. The first-order valence-electron chi connectivity index (χ1n) is 6.81. The minimum atomic E-state index is -0.586. The topological polar surface area (TPSA) is 44.8 Å². The number of carbonyl (C=O) groups is 1. The number of ether oxygens (including phenoxy) is 3. The molecule has 2 fully saturated rings. The van der Waals surface area contributed by atoms with Gasteiger partial charge in [0.05, 0.1) is 24.9 Å². The van der Waals surface area contributed by atoms with Crippen LogP contribution in [-0.2, 0) is 14.2 Å². The Bertz CT molecular complexity index is 502. The zero-order valence-electron chi connectivity index (χ0n) is 11.5.